The molecule has 0 bridgehead atoms. The van der Waals surface area contributed by atoms with Gasteiger partial charge in [0.15, 0.2) is 0 Å². The van der Waals surface area contributed by atoms with Gasteiger partial charge in [-0.25, -0.2) is 4.39 Å². The molecular formula is C21H18Cl2FN3O5. The number of carbonyl (C=O) groups is 2. The summed E-state index contributed by atoms with van der Waals surface area (Å²) in [5.74, 6) is -3.22. The van der Waals surface area contributed by atoms with Crippen LogP contribution in [0.5, 0.6) is 0 Å². The Bertz CT molecular complexity index is 1130. The molecule has 2 aromatic rings. The molecule has 1 unspecified atom stereocenters. The molecule has 1 spiro atoms. The van der Waals surface area contributed by atoms with Crippen molar-refractivity contribution in [1.29, 1.82) is 0 Å². The summed E-state index contributed by atoms with van der Waals surface area (Å²) in [6.07, 6.45) is -0.108. The number of esters is 1. The second-order valence-electron chi connectivity index (χ2n) is 7.71. The minimum Gasteiger partial charge on any atom is -0.469 e. The standard InChI is InChI=1S/C21H18Cl2FN3O5/c1-32-16(28)8-7-14-19(27(30)31)17(11-3-2-4-13(23)18(11)24)21(26-14)12-6-5-10(22)9-15(12)25-20(21)29/h2-6,9,14,17,19,26H,7-8H2,1H3,(H,25,29)/t14-,17-,19?,21+/m0/s1. The van der Waals surface area contributed by atoms with Crippen molar-refractivity contribution in [3.8, 4) is 0 Å². The maximum Gasteiger partial charge on any atom is 0.305 e. The molecule has 2 N–H and O–H groups in total. The SMILES string of the molecule is COC(=O)CC[C@@H]1N[C@@]2(C(=O)Nc3cc(Cl)ccc32)[C@@H](c2cccc(Cl)c2F)C1[N+](=O)[O-]. The number of nitro groups is 1. The Balaban J connectivity index is 1.93. The fourth-order valence-corrected chi connectivity index (χ4v) is 5.13. The van der Waals surface area contributed by atoms with E-state index in [0.717, 1.165) is 0 Å². The van der Waals surface area contributed by atoms with Crippen LogP contribution in [0, 0.1) is 15.9 Å². The van der Waals surface area contributed by atoms with E-state index in [2.05, 4.69) is 15.4 Å². The highest BCUT2D eigenvalue weighted by atomic mass is 35.5. The number of hydrogen-bond donors (Lipinski definition) is 2. The van der Waals surface area contributed by atoms with Crippen molar-refractivity contribution in [2.24, 2.45) is 0 Å². The molecule has 2 aromatic carbocycles. The zero-order valence-corrected chi connectivity index (χ0v) is 18.2. The second kappa shape index (κ2) is 8.31. The number of carbonyl (C=O) groups excluding carboxylic acids is 2. The van der Waals surface area contributed by atoms with Crippen LogP contribution in [0.25, 0.3) is 0 Å². The topological polar surface area (TPSA) is 111 Å². The maximum atomic E-state index is 15.2. The fourth-order valence-electron chi connectivity index (χ4n) is 4.78. The Kier molecular flexibility index (Phi) is 5.83. The summed E-state index contributed by atoms with van der Waals surface area (Å²) >= 11 is 12.1. The van der Waals surface area contributed by atoms with Gasteiger partial charge in [0.25, 0.3) is 0 Å². The molecule has 4 atom stereocenters. The van der Waals surface area contributed by atoms with Crippen molar-refractivity contribution >= 4 is 40.8 Å². The van der Waals surface area contributed by atoms with Crippen molar-refractivity contribution in [1.82, 2.24) is 5.32 Å². The third kappa shape index (κ3) is 3.41. The van der Waals surface area contributed by atoms with Gasteiger partial charge in [-0.15, -0.1) is 0 Å². The molecule has 2 heterocycles. The van der Waals surface area contributed by atoms with E-state index in [1.165, 1.54) is 31.4 Å². The van der Waals surface area contributed by atoms with E-state index in [0.29, 0.717) is 16.3 Å². The van der Waals surface area contributed by atoms with Crippen molar-refractivity contribution in [3.05, 3.63) is 73.5 Å². The monoisotopic (exact) mass is 481 g/mol. The molecule has 32 heavy (non-hydrogen) atoms. The Labute approximate surface area is 192 Å². The van der Waals surface area contributed by atoms with Gasteiger partial charge >= 0.3 is 5.97 Å². The molecule has 0 radical (unpaired) electrons. The largest absolute Gasteiger partial charge is 0.469 e. The molecule has 4 rings (SSSR count). The van der Waals surface area contributed by atoms with Crippen LogP contribution in [0.15, 0.2) is 36.4 Å². The third-order valence-electron chi connectivity index (χ3n) is 6.09. The lowest BCUT2D eigenvalue weighted by molar-refractivity contribution is -0.527. The van der Waals surface area contributed by atoms with Crippen LogP contribution in [0.1, 0.15) is 29.9 Å². The molecule has 2 aliphatic heterocycles. The first kappa shape index (κ1) is 22.4. The molecule has 2 aliphatic rings. The van der Waals surface area contributed by atoms with E-state index < -0.39 is 46.2 Å². The van der Waals surface area contributed by atoms with Crippen LogP contribution in [0.3, 0.4) is 0 Å². The molecule has 168 valence electrons. The maximum absolute atomic E-state index is 15.2. The van der Waals surface area contributed by atoms with Crippen molar-refractivity contribution in [3.63, 3.8) is 0 Å². The zero-order valence-electron chi connectivity index (χ0n) is 16.7. The normalized spacial score (nSPS) is 26.1. The van der Waals surface area contributed by atoms with Gasteiger partial charge in [0, 0.05) is 33.2 Å². The van der Waals surface area contributed by atoms with E-state index in [4.69, 9.17) is 23.2 Å². The van der Waals surface area contributed by atoms with Crippen molar-refractivity contribution in [2.45, 2.75) is 36.4 Å². The molecule has 1 fully saturated rings. The highest BCUT2D eigenvalue weighted by Gasteiger charge is 2.67. The molecule has 11 heteroatoms. The van der Waals surface area contributed by atoms with Crippen LogP contribution in [0.2, 0.25) is 10.0 Å². The van der Waals surface area contributed by atoms with Gasteiger partial charge in [-0.1, -0.05) is 41.4 Å². The van der Waals surface area contributed by atoms with Crippen molar-refractivity contribution in [2.75, 3.05) is 12.4 Å². The predicted octanol–water partition coefficient (Wildman–Crippen LogP) is 3.63. The van der Waals surface area contributed by atoms with Gasteiger partial charge in [-0.2, -0.15) is 0 Å². The van der Waals surface area contributed by atoms with Crippen LogP contribution < -0.4 is 10.6 Å². The lowest BCUT2D eigenvalue weighted by atomic mass is 9.74. The van der Waals surface area contributed by atoms with Gasteiger partial charge in [-0.3, -0.25) is 25.0 Å². The van der Waals surface area contributed by atoms with Gasteiger partial charge in [-0.05, 0) is 24.6 Å². The first-order chi connectivity index (χ1) is 15.2. The van der Waals surface area contributed by atoms with E-state index in [1.54, 1.807) is 12.1 Å². The Morgan fingerprint density at radius 1 is 1.31 bits per heavy atom. The number of fused-ring (bicyclic) bond motifs is 2. The number of nitrogens with zero attached hydrogens (tertiary/aromatic N) is 1. The average Bonchev–Trinajstić information content (AvgIpc) is 3.23. The Morgan fingerprint density at radius 2 is 2.06 bits per heavy atom. The van der Waals surface area contributed by atoms with Gasteiger partial charge in [0.2, 0.25) is 11.9 Å². The molecule has 0 saturated carbocycles. The smallest absolute Gasteiger partial charge is 0.305 e. The number of benzene rings is 2. The van der Waals surface area contributed by atoms with Gasteiger partial charge in [0.1, 0.15) is 11.4 Å². The van der Waals surface area contributed by atoms with E-state index >= 15 is 4.39 Å². The number of anilines is 1. The third-order valence-corrected chi connectivity index (χ3v) is 6.62. The first-order valence-corrected chi connectivity index (χ1v) is 10.5. The van der Waals surface area contributed by atoms with Crippen LogP contribution in [0.4, 0.5) is 10.1 Å². The first-order valence-electron chi connectivity index (χ1n) is 9.74. The summed E-state index contributed by atoms with van der Waals surface area (Å²) in [6, 6.07) is 6.49. The van der Waals surface area contributed by atoms with Gasteiger partial charge < -0.3 is 10.1 Å². The number of methoxy groups -OCH3 is 1. The summed E-state index contributed by atoms with van der Waals surface area (Å²) in [7, 11) is 1.21. The lowest BCUT2D eigenvalue weighted by Crippen LogP contribution is -2.49. The summed E-state index contributed by atoms with van der Waals surface area (Å²) < 4.78 is 19.8. The summed E-state index contributed by atoms with van der Waals surface area (Å²) in [5, 5.41) is 18.2. The summed E-state index contributed by atoms with van der Waals surface area (Å²) in [5.41, 5.74) is -0.948. The summed E-state index contributed by atoms with van der Waals surface area (Å²) in [4.78, 5) is 36.8. The number of hydrogen-bond acceptors (Lipinski definition) is 6. The van der Waals surface area contributed by atoms with Crippen LogP contribution in [-0.2, 0) is 19.9 Å². The minimum absolute atomic E-state index is 0.00889. The Morgan fingerprint density at radius 3 is 2.75 bits per heavy atom. The molecule has 1 saturated heterocycles. The molecule has 8 nitrogen and oxygen atoms in total. The molecular weight excluding hydrogens is 464 g/mol. The minimum atomic E-state index is -1.66. The molecule has 0 aliphatic carbocycles. The van der Waals surface area contributed by atoms with Crippen LogP contribution >= 0.6 is 23.2 Å². The van der Waals surface area contributed by atoms with E-state index in [1.807, 2.05) is 0 Å². The van der Waals surface area contributed by atoms with E-state index in [9.17, 15) is 19.7 Å². The molecule has 0 aromatic heterocycles. The Hall–Kier alpha value is -2.75. The second-order valence-corrected chi connectivity index (χ2v) is 8.56. The number of ether oxygens (including phenoxy) is 1. The lowest BCUT2D eigenvalue weighted by Gasteiger charge is -2.30. The highest BCUT2D eigenvalue weighted by molar-refractivity contribution is 6.31. The quantitative estimate of drug-likeness (QED) is 0.383. The number of amides is 1. The number of halogens is 3. The van der Waals surface area contributed by atoms with Crippen molar-refractivity contribution < 1.29 is 23.6 Å². The predicted molar refractivity (Wildman–Crippen MR) is 115 cm³/mol. The van der Waals surface area contributed by atoms with E-state index in [-0.39, 0.29) is 23.4 Å². The summed E-state index contributed by atoms with van der Waals surface area (Å²) in [6.45, 7) is 0. The van der Waals surface area contributed by atoms with Crippen LogP contribution in [-0.4, -0.2) is 36.0 Å². The number of nitrogens with one attached hydrogen (secondary N) is 2. The number of rotatable bonds is 5. The average molecular weight is 482 g/mol. The molecule has 1 amide bonds. The zero-order chi connectivity index (χ0) is 23.2. The highest BCUT2D eigenvalue weighted by Crippen LogP contribution is 2.53. The fraction of sp³-hybridized carbons (Fsp3) is 0.333. The van der Waals surface area contributed by atoms with Gasteiger partial charge in [0.05, 0.1) is 24.1 Å².